The summed E-state index contributed by atoms with van der Waals surface area (Å²) in [5.74, 6) is -0.106. The maximum absolute atomic E-state index is 12.4. The van der Waals surface area contributed by atoms with Gasteiger partial charge in [-0.15, -0.1) is 0 Å². The Balaban J connectivity index is 1.76. The number of hydrogen-bond acceptors (Lipinski definition) is 7. The molecule has 2 aromatic heterocycles. The number of carbonyl (C=O) groups excluding carboxylic acids is 1. The predicted octanol–water partition coefficient (Wildman–Crippen LogP) is 3.15. The van der Waals surface area contributed by atoms with Gasteiger partial charge in [-0.1, -0.05) is 0 Å². The van der Waals surface area contributed by atoms with Crippen molar-refractivity contribution in [3.8, 4) is 17.7 Å². The third-order valence-corrected chi connectivity index (χ3v) is 5.78. The molecule has 1 amide bonds. The van der Waals surface area contributed by atoms with E-state index in [1.807, 2.05) is 6.07 Å². The molecule has 1 aromatic carbocycles. The second-order valence-corrected chi connectivity index (χ2v) is 8.49. The van der Waals surface area contributed by atoms with E-state index in [0.29, 0.717) is 22.6 Å². The fraction of sp³-hybridized carbons (Fsp3) is 0.150. The number of nitriles is 1. The van der Waals surface area contributed by atoms with Gasteiger partial charge in [-0.05, 0) is 55.0 Å². The first-order valence-corrected chi connectivity index (χ1v) is 10.1. The van der Waals surface area contributed by atoms with Crippen LogP contribution in [0, 0.1) is 18.3 Å². The molecule has 0 atom stereocenters. The van der Waals surface area contributed by atoms with Crippen LogP contribution in [0.2, 0.25) is 0 Å². The maximum Gasteiger partial charge on any atom is 0.291 e. The number of furan rings is 1. The van der Waals surface area contributed by atoms with E-state index in [4.69, 9.17) is 14.4 Å². The zero-order chi connectivity index (χ0) is 21.9. The first-order chi connectivity index (χ1) is 14.2. The topological polar surface area (TPSA) is 126 Å². The Hall–Kier alpha value is -3.68. The standard InChI is InChI=1S/C20H18N4O5S/c1-13-11-15(28-20-14(12-21)5-4-10-22-20)6-7-16(13)23-19(25)17-8-9-18(29-17)30(26,27)24(2)3/h4-11H,1-3H3,(H,23,25). The summed E-state index contributed by atoms with van der Waals surface area (Å²) in [6, 6.07) is 12.7. The van der Waals surface area contributed by atoms with Gasteiger partial charge in [0.25, 0.3) is 15.9 Å². The highest BCUT2D eigenvalue weighted by molar-refractivity contribution is 7.88. The lowest BCUT2D eigenvalue weighted by Gasteiger charge is -2.11. The molecular weight excluding hydrogens is 408 g/mol. The molecular formula is C20H18N4O5S. The quantitative estimate of drug-likeness (QED) is 0.642. The van der Waals surface area contributed by atoms with Crippen LogP contribution in [0.25, 0.3) is 0 Å². The summed E-state index contributed by atoms with van der Waals surface area (Å²) in [5, 5.41) is 11.5. The minimum absolute atomic E-state index is 0.137. The number of pyridine rings is 1. The van der Waals surface area contributed by atoms with Crippen LogP contribution in [0.1, 0.15) is 21.7 Å². The highest BCUT2D eigenvalue weighted by Gasteiger charge is 2.23. The summed E-state index contributed by atoms with van der Waals surface area (Å²) < 4.78 is 36.0. The van der Waals surface area contributed by atoms with Gasteiger partial charge in [-0.2, -0.15) is 5.26 Å². The first-order valence-electron chi connectivity index (χ1n) is 8.69. The van der Waals surface area contributed by atoms with E-state index >= 15 is 0 Å². The van der Waals surface area contributed by atoms with Crippen LogP contribution in [0.15, 0.2) is 58.2 Å². The molecule has 0 radical (unpaired) electrons. The number of anilines is 1. The van der Waals surface area contributed by atoms with Gasteiger partial charge >= 0.3 is 0 Å². The summed E-state index contributed by atoms with van der Waals surface area (Å²) in [6.45, 7) is 1.76. The molecule has 154 valence electrons. The Bertz CT molecular complexity index is 1240. The number of nitrogens with one attached hydrogen (secondary N) is 1. The van der Waals surface area contributed by atoms with Crippen LogP contribution in [-0.2, 0) is 10.0 Å². The largest absolute Gasteiger partial charge is 0.438 e. The lowest BCUT2D eigenvalue weighted by molar-refractivity contribution is 0.0991. The predicted molar refractivity (Wildman–Crippen MR) is 108 cm³/mol. The number of carbonyl (C=O) groups is 1. The Kier molecular flexibility index (Phi) is 5.86. The lowest BCUT2D eigenvalue weighted by Crippen LogP contribution is -2.21. The number of amides is 1. The molecule has 30 heavy (non-hydrogen) atoms. The molecule has 10 heteroatoms. The molecule has 0 unspecified atom stereocenters. The van der Waals surface area contributed by atoms with Gasteiger partial charge in [-0.25, -0.2) is 17.7 Å². The van der Waals surface area contributed by atoms with E-state index in [9.17, 15) is 13.2 Å². The van der Waals surface area contributed by atoms with Crippen molar-refractivity contribution in [2.24, 2.45) is 0 Å². The molecule has 0 saturated carbocycles. The molecule has 0 aliphatic heterocycles. The van der Waals surface area contributed by atoms with Crippen molar-refractivity contribution in [3.63, 3.8) is 0 Å². The maximum atomic E-state index is 12.4. The van der Waals surface area contributed by atoms with Crippen LogP contribution in [0.4, 0.5) is 5.69 Å². The van der Waals surface area contributed by atoms with Crippen molar-refractivity contribution in [2.75, 3.05) is 19.4 Å². The zero-order valence-corrected chi connectivity index (χ0v) is 17.2. The highest BCUT2D eigenvalue weighted by Crippen LogP contribution is 2.27. The van der Waals surface area contributed by atoms with E-state index < -0.39 is 15.9 Å². The minimum Gasteiger partial charge on any atom is -0.438 e. The van der Waals surface area contributed by atoms with Gasteiger partial charge in [0, 0.05) is 26.0 Å². The Morgan fingerprint density at radius 1 is 1.23 bits per heavy atom. The molecule has 0 fully saturated rings. The SMILES string of the molecule is Cc1cc(Oc2ncccc2C#N)ccc1NC(=O)c1ccc(S(=O)(=O)N(C)C)o1. The first kappa shape index (κ1) is 21.0. The smallest absolute Gasteiger partial charge is 0.291 e. The monoisotopic (exact) mass is 426 g/mol. The van der Waals surface area contributed by atoms with Crippen molar-refractivity contribution >= 4 is 21.6 Å². The molecule has 9 nitrogen and oxygen atoms in total. The third kappa shape index (κ3) is 4.32. The second-order valence-electron chi connectivity index (χ2n) is 6.41. The van der Waals surface area contributed by atoms with Gasteiger partial charge in [0.2, 0.25) is 11.0 Å². The fourth-order valence-electron chi connectivity index (χ4n) is 2.45. The van der Waals surface area contributed by atoms with Gasteiger partial charge < -0.3 is 14.5 Å². The second kappa shape index (κ2) is 8.36. The van der Waals surface area contributed by atoms with E-state index in [1.54, 1.807) is 37.3 Å². The van der Waals surface area contributed by atoms with Gasteiger partial charge in [0.05, 0.1) is 0 Å². The summed E-state index contributed by atoms with van der Waals surface area (Å²) in [4.78, 5) is 16.5. The van der Waals surface area contributed by atoms with Crippen LogP contribution >= 0.6 is 0 Å². The summed E-state index contributed by atoms with van der Waals surface area (Å²) in [6.07, 6.45) is 1.52. The summed E-state index contributed by atoms with van der Waals surface area (Å²) in [5.41, 5.74) is 1.47. The van der Waals surface area contributed by atoms with Crippen molar-refractivity contribution in [1.29, 1.82) is 5.26 Å². The Morgan fingerprint density at radius 2 is 2.00 bits per heavy atom. The lowest BCUT2D eigenvalue weighted by atomic mass is 10.2. The van der Waals surface area contributed by atoms with E-state index in [0.717, 1.165) is 4.31 Å². The number of benzene rings is 1. The van der Waals surface area contributed by atoms with Crippen molar-refractivity contribution in [1.82, 2.24) is 9.29 Å². The van der Waals surface area contributed by atoms with Crippen LogP contribution in [0.3, 0.4) is 0 Å². The van der Waals surface area contributed by atoms with Crippen molar-refractivity contribution in [3.05, 3.63) is 65.5 Å². The van der Waals surface area contributed by atoms with Crippen LogP contribution in [-0.4, -0.2) is 37.7 Å². The summed E-state index contributed by atoms with van der Waals surface area (Å²) in [7, 11) is -1.03. The van der Waals surface area contributed by atoms with E-state index in [2.05, 4.69) is 10.3 Å². The molecule has 0 saturated heterocycles. The van der Waals surface area contributed by atoms with Crippen LogP contribution in [0.5, 0.6) is 11.6 Å². The normalized spacial score (nSPS) is 11.2. The van der Waals surface area contributed by atoms with Gasteiger partial charge in [-0.3, -0.25) is 4.79 Å². The van der Waals surface area contributed by atoms with Gasteiger partial charge in [0.15, 0.2) is 5.76 Å². The van der Waals surface area contributed by atoms with E-state index in [-0.39, 0.29) is 16.7 Å². The number of rotatable bonds is 6. The minimum atomic E-state index is -3.77. The van der Waals surface area contributed by atoms with Crippen molar-refractivity contribution in [2.45, 2.75) is 12.0 Å². The zero-order valence-electron chi connectivity index (χ0n) is 16.4. The van der Waals surface area contributed by atoms with Crippen LogP contribution < -0.4 is 10.1 Å². The molecule has 0 aliphatic carbocycles. The van der Waals surface area contributed by atoms with Crippen molar-refractivity contribution < 1.29 is 22.4 Å². The fourth-order valence-corrected chi connectivity index (χ4v) is 3.25. The molecule has 0 bridgehead atoms. The molecule has 1 N–H and O–H groups in total. The van der Waals surface area contributed by atoms with E-state index in [1.165, 1.54) is 32.4 Å². The molecule has 3 aromatic rings. The number of aromatic nitrogens is 1. The highest BCUT2D eigenvalue weighted by atomic mass is 32.2. The number of hydrogen-bond donors (Lipinski definition) is 1. The Labute approximate surface area is 173 Å². The number of aryl methyl sites for hydroxylation is 1. The molecule has 2 heterocycles. The molecule has 0 spiro atoms. The van der Waals surface area contributed by atoms with Gasteiger partial charge in [0.1, 0.15) is 17.4 Å². The number of ether oxygens (including phenoxy) is 1. The Morgan fingerprint density at radius 3 is 2.67 bits per heavy atom. The number of sulfonamides is 1. The third-order valence-electron chi connectivity index (χ3n) is 4.09. The average molecular weight is 426 g/mol. The summed E-state index contributed by atoms with van der Waals surface area (Å²) >= 11 is 0. The molecule has 3 rings (SSSR count). The molecule has 0 aliphatic rings. The average Bonchev–Trinajstić information content (AvgIpc) is 3.21. The number of nitrogens with zero attached hydrogens (tertiary/aromatic N) is 3.